The molecule has 0 aliphatic heterocycles. The number of esters is 1. The number of carbonyl (C=O) groups excluding carboxylic acids is 1. The van der Waals surface area contributed by atoms with Gasteiger partial charge in [0.05, 0.1) is 12.2 Å². The number of aliphatic hydroxyl groups excluding tert-OH is 1. The minimum absolute atomic E-state index is 0.348. The van der Waals surface area contributed by atoms with E-state index >= 15 is 0 Å². The highest BCUT2D eigenvalue weighted by Crippen LogP contribution is 2.02. The fourth-order valence-corrected chi connectivity index (χ4v) is 0.494. The number of rotatable bonds is 3. The van der Waals surface area contributed by atoms with Crippen molar-refractivity contribution in [3.05, 3.63) is 0 Å². The molecule has 3 nitrogen and oxygen atoms in total. The summed E-state index contributed by atoms with van der Waals surface area (Å²) in [6, 6.07) is 0. The Kier molecular flexibility index (Phi) is 4.03. The van der Waals surface area contributed by atoms with Crippen molar-refractivity contribution in [3.63, 3.8) is 0 Å². The van der Waals surface area contributed by atoms with Crippen molar-refractivity contribution in [1.82, 2.24) is 0 Å². The Morgan fingerprint density at radius 3 is 2.18 bits per heavy atom. The fourth-order valence-electron chi connectivity index (χ4n) is 0.494. The zero-order valence-electron chi connectivity index (χ0n) is 6.87. The molecule has 0 rings (SSSR count). The predicted molar refractivity (Wildman–Crippen MR) is 37.8 cm³/mol. The summed E-state index contributed by atoms with van der Waals surface area (Å²) >= 11 is 0. The second-order valence-electron chi connectivity index (χ2n) is 2.63. The lowest BCUT2D eigenvalue weighted by Gasteiger charge is -2.12. The van der Waals surface area contributed by atoms with E-state index in [1.165, 1.54) is 6.92 Å². The van der Waals surface area contributed by atoms with Crippen molar-refractivity contribution in [2.45, 2.75) is 39.2 Å². The third-order valence-corrected chi connectivity index (χ3v) is 1.00. The Morgan fingerprint density at radius 2 is 1.91 bits per heavy atom. The topological polar surface area (TPSA) is 46.5 Å². The predicted octanol–water partition coefficient (Wildman–Crippen LogP) is 0.657. The molecule has 4 heteroatoms. The maximum atomic E-state index is 12.6. The molecule has 0 bridgehead atoms. The van der Waals surface area contributed by atoms with E-state index in [1.54, 1.807) is 13.8 Å². The third kappa shape index (κ3) is 3.93. The molecule has 0 spiro atoms. The highest BCUT2D eigenvalue weighted by Gasteiger charge is 2.24. The van der Waals surface area contributed by atoms with Crippen LogP contribution in [0, 0.1) is 0 Å². The molecule has 0 fully saturated rings. The van der Waals surface area contributed by atoms with Gasteiger partial charge in [0.1, 0.15) is 0 Å². The number of aliphatic hydroxyl groups is 1. The lowest BCUT2D eigenvalue weighted by molar-refractivity contribution is -0.157. The summed E-state index contributed by atoms with van der Waals surface area (Å²) in [7, 11) is 0. The van der Waals surface area contributed by atoms with Crippen LogP contribution in [0.4, 0.5) is 4.39 Å². The number of hydrogen-bond donors (Lipinski definition) is 1. The maximum absolute atomic E-state index is 12.6. The molecule has 0 aromatic heterocycles. The SMILES string of the molecule is CC(C)OC(=O)C(F)C(C)O. The van der Waals surface area contributed by atoms with E-state index in [-0.39, 0.29) is 6.10 Å². The summed E-state index contributed by atoms with van der Waals surface area (Å²) < 4.78 is 17.1. The van der Waals surface area contributed by atoms with Gasteiger partial charge in [-0.25, -0.2) is 9.18 Å². The van der Waals surface area contributed by atoms with E-state index in [9.17, 15) is 9.18 Å². The van der Waals surface area contributed by atoms with Crippen molar-refractivity contribution in [3.8, 4) is 0 Å². The van der Waals surface area contributed by atoms with Gasteiger partial charge in [0.25, 0.3) is 0 Å². The normalized spacial score (nSPS) is 16.2. The first kappa shape index (κ1) is 10.4. The summed E-state index contributed by atoms with van der Waals surface area (Å²) in [6.45, 7) is 4.44. The lowest BCUT2D eigenvalue weighted by Crippen LogP contribution is -2.31. The molecule has 66 valence electrons. The molecule has 0 saturated carbocycles. The average molecular weight is 164 g/mol. The first-order chi connectivity index (χ1) is 4.95. The summed E-state index contributed by atoms with van der Waals surface area (Å²) in [4.78, 5) is 10.6. The first-order valence-corrected chi connectivity index (χ1v) is 3.47. The number of hydrogen-bond acceptors (Lipinski definition) is 3. The van der Waals surface area contributed by atoms with Crippen LogP contribution in [0.25, 0.3) is 0 Å². The van der Waals surface area contributed by atoms with Crippen molar-refractivity contribution < 1.29 is 19.0 Å². The molecular formula is C7H13FO3. The highest BCUT2D eigenvalue weighted by atomic mass is 19.1. The van der Waals surface area contributed by atoms with Gasteiger partial charge in [-0.3, -0.25) is 0 Å². The summed E-state index contributed by atoms with van der Waals surface area (Å²) in [5.74, 6) is -1.00. The van der Waals surface area contributed by atoms with E-state index in [4.69, 9.17) is 5.11 Å². The Morgan fingerprint density at radius 1 is 1.45 bits per heavy atom. The van der Waals surface area contributed by atoms with Crippen molar-refractivity contribution in [2.75, 3.05) is 0 Å². The van der Waals surface area contributed by atoms with Gasteiger partial charge in [0, 0.05) is 0 Å². The minimum atomic E-state index is -1.93. The van der Waals surface area contributed by atoms with Crippen LogP contribution >= 0.6 is 0 Å². The van der Waals surface area contributed by atoms with Crippen LogP contribution in [0.15, 0.2) is 0 Å². The van der Waals surface area contributed by atoms with Crippen LogP contribution in [-0.4, -0.2) is 29.5 Å². The van der Waals surface area contributed by atoms with Gasteiger partial charge < -0.3 is 9.84 Å². The van der Waals surface area contributed by atoms with E-state index in [0.717, 1.165) is 0 Å². The monoisotopic (exact) mass is 164 g/mol. The zero-order chi connectivity index (χ0) is 9.02. The standard InChI is InChI=1S/C7H13FO3/c1-4(2)11-7(10)6(8)5(3)9/h4-6,9H,1-3H3. The Labute approximate surface area is 65.2 Å². The average Bonchev–Trinajstić information content (AvgIpc) is 1.84. The van der Waals surface area contributed by atoms with E-state index in [0.29, 0.717) is 0 Å². The van der Waals surface area contributed by atoms with Gasteiger partial charge in [-0.2, -0.15) is 0 Å². The third-order valence-electron chi connectivity index (χ3n) is 1.00. The lowest BCUT2D eigenvalue weighted by atomic mass is 10.2. The summed E-state index contributed by atoms with van der Waals surface area (Å²) in [6.07, 6.45) is -3.59. The number of carbonyl (C=O) groups is 1. The zero-order valence-corrected chi connectivity index (χ0v) is 6.87. The molecule has 0 heterocycles. The first-order valence-electron chi connectivity index (χ1n) is 3.47. The molecule has 0 aliphatic rings. The van der Waals surface area contributed by atoms with E-state index in [2.05, 4.69) is 4.74 Å². The minimum Gasteiger partial charge on any atom is -0.461 e. The van der Waals surface area contributed by atoms with Crippen LogP contribution in [0.2, 0.25) is 0 Å². The van der Waals surface area contributed by atoms with Gasteiger partial charge >= 0.3 is 5.97 Å². The number of ether oxygens (including phenoxy) is 1. The van der Waals surface area contributed by atoms with Gasteiger partial charge in [-0.1, -0.05) is 0 Å². The second-order valence-corrected chi connectivity index (χ2v) is 2.63. The van der Waals surface area contributed by atoms with Crippen LogP contribution in [0.1, 0.15) is 20.8 Å². The Balaban J connectivity index is 3.83. The van der Waals surface area contributed by atoms with Crippen LogP contribution in [-0.2, 0) is 9.53 Å². The van der Waals surface area contributed by atoms with Gasteiger partial charge in [0.2, 0.25) is 6.17 Å². The Hall–Kier alpha value is -0.640. The summed E-state index contributed by atoms with van der Waals surface area (Å²) in [5.41, 5.74) is 0. The molecule has 0 aromatic rings. The van der Waals surface area contributed by atoms with Crippen LogP contribution in [0.5, 0.6) is 0 Å². The van der Waals surface area contributed by atoms with Crippen molar-refractivity contribution >= 4 is 5.97 Å². The largest absolute Gasteiger partial charge is 0.461 e. The van der Waals surface area contributed by atoms with Gasteiger partial charge in [-0.15, -0.1) is 0 Å². The Bertz CT molecular complexity index is 134. The molecule has 0 amide bonds. The van der Waals surface area contributed by atoms with Gasteiger partial charge in [0.15, 0.2) is 0 Å². The maximum Gasteiger partial charge on any atom is 0.343 e. The van der Waals surface area contributed by atoms with Crippen LogP contribution in [0.3, 0.4) is 0 Å². The molecule has 2 atom stereocenters. The molecule has 11 heavy (non-hydrogen) atoms. The number of alkyl halides is 1. The molecule has 1 N–H and O–H groups in total. The van der Waals surface area contributed by atoms with Crippen molar-refractivity contribution in [1.29, 1.82) is 0 Å². The van der Waals surface area contributed by atoms with Crippen molar-refractivity contribution in [2.24, 2.45) is 0 Å². The smallest absolute Gasteiger partial charge is 0.343 e. The van der Waals surface area contributed by atoms with Crippen LogP contribution < -0.4 is 0 Å². The quantitative estimate of drug-likeness (QED) is 0.623. The molecule has 0 aromatic carbocycles. The molecule has 0 radical (unpaired) electrons. The molecular weight excluding hydrogens is 151 g/mol. The molecule has 2 unspecified atom stereocenters. The summed E-state index contributed by atoms with van der Waals surface area (Å²) in [5, 5.41) is 8.63. The fraction of sp³-hybridized carbons (Fsp3) is 0.857. The van der Waals surface area contributed by atoms with E-state index < -0.39 is 18.2 Å². The molecule has 0 saturated heterocycles. The van der Waals surface area contributed by atoms with Gasteiger partial charge in [-0.05, 0) is 20.8 Å². The highest BCUT2D eigenvalue weighted by molar-refractivity contribution is 5.75. The number of halogens is 1. The molecule has 0 aliphatic carbocycles. The van der Waals surface area contributed by atoms with E-state index in [1.807, 2.05) is 0 Å². The second kappa shape index (κ2) is 4.28.